The van der Waals surface area contributed by atoms with E-state index < -0.39 is 0 Å². The molecule has 0 saturated heterocycles. The predicted octanol–water partition coefficient (Wildman–Crippen LogP) is 3.57. The van der Waals surface area contributed by atoms with Crippen LogP contribution in [0.3, 0.4) is 0 Å². The highest BCUT2D eigenvalue weighted by Crippen LogP contribution is 2.31. The van der Waals surface area contributed by atoms with Gasteiger partial charge in [-0.25, -0.2) is 4.98 Å². The number of imidazole rings is 1. The molecule has 3 aromatic rings. The molecule has 0 aliphatic carbocycles. The van der Waals surface area contributed by atoms with Crippen molar-refractivity contribution in [2.75, 3.05) is 26.4 Å². The topological polar surface area (TPSA) is 68.9 Å². The first-order valence-corrected chi connectivity index (χ1v) is 9.85. The minimum Gasteiger partial charge on any atom is -0.490 e. The molecule has 6 nitrogen and oxygen atoms in total. The number of fused-ring (bicyclic) bond motifs is 3. The van der Waals surface area contributed by atoms with Crippen LogP contribution in [0.1, 0.15) is 22.6 Å². The third-order valence-electron chi connectivity index (χ3n) is 4.73. The third-order valence-corrected chi connectivity index (χ3v) is 4.96. The van der Waals surface area contributed by atoms with E-state index in [9.17, 15) is 0 Å². The summed E-state index contributed by atoms with van der Waals surface area (Å²) in [7, 11) is 0. The maximum absolute atomic E-state index is 8.82. The Kier molecular flexibility index (Phi) is 5.94. The number of hydrogen-bond donors (Lipinski definition) is 1. The van der Waals surface area contributed by atoms with Crippen LogP contribution < -0.4 is 4.74 Å². The monoisotopic (exact) mass is 411 g/mol. The van der Waals surface area contributed by atoms with Crippen LogP contribution in [0, 0.1) is 6.92 Å². The van der Waals surface area contributed by atoms with Crippen molar-refractivity contribution in [2.24, 2.45) is 4.99 Å². The number of aliphatic hydroxyl groups is 1. The minimum atomic E-state index is 0.00000754. The third kappa shape index (κ3) is 4.05. The summed E-state index contributed by atoms with van der Waals surface area (Å²) in [6.45, 7) is 3.58. The molecule has 4 rings (SSSR count). The Hall–Kier alpha value is -2.67. The summed E-state index contributed by atoms with van der Waals surface area (Å²) in [5.74, 6) is 1.64. The van der Waals surface area contributed by atoms with Crippen LogP contribution in [-0.4, -0.2) is 46.8 Å². The number of aryl methyl sites for hydroxylation is 1. The van der Waals surface area contributed by atoms with Crippen molar-refractivity contribution in [3.63, 3.8) is 0 Å². The SMILES string of the molecule is Cc1ncc2n1-c1ccc(Cl)cc1C(c1ccccc1OCCOCCO)=NC2. The Labute approximate surface area is 174 Å². The van der Waals surface area contributed by atoms with Crippen LogP contribution in [0.4, 0.5) is 0 Å². The summed E-state index contributed by atoms with van der Waals surface area (Å²) in [5.41, 5.74) is 4.69. The molecule has 0 unspecified atom stereocenters. The molecule has 1 aliphatic rings. The van der Waals surface area contributed by atoms with Crippen molar-refractivity contribution in [2.45, 2.75) is 13.5 Å². The fourth-order valence-corrected chi connectivity index (χ4v) is 3.64. The molecule has 0 atom stereocenters. The number of ether oxygens (including phenoxy) is 2. The maximum atomic E-state index is 8.82. The molecule has 1 N–H and O–H groups in total. The lowest BCUT2D eigenvalue weighted by Gasteiger charge is -2.16. The van der Waals surface area contributed by atoms with E-state index in [0.29, 0.717) is 31.4 Å². The van der Waals surface area contributed by atoms with E-state index in [1.54, 1.807) is 0 Å². The molecule has 0 amide bonds. The lowest BCUT2D eigenvalue weighted by atomic mass is 9.99. The Bertz CT molecular complexity index is 1050. The molecule has 1 aliphatic heterocycles. The summed E-state index contributed by atoms with van der Waals surface area (Å²) in [6, 6.07) is 13.6. The van der Waals surface area contributed by atoms with Crippen molar-refractivity contribution < 1.29 is 14.6 Å². The first-order valence-electron chi connectivity index (χ1n) is 9.48. The predicted molar refractivity (Wildman–Crippen MR) is 112 cm³/mol. The first kappa shape index (κ1) is 19.6. The molecular formula is C22H22ClN3O3. The Morgan fingerprint density at radius 1 is 1.10 bits per heavy atom. The van der Waals surface area contributed by atoms with E-state index in [-0.39, 0.29) is 6.61 Å². The Morgan fingerprint density at radius 2 is 1.97 bits per heavy atom. The number of aromatic nitrogens is 2. The van der Waals surface area contributed by atoms with Gasteiger partial charge < -0.3 is 14.6 Å². The second-order valence-corrected chi connectivity index (χ2v) is 7.08. The van der Waals surface area contributed by atoms with Gasteiger partial charge in [-0.15, -0.1) is 0 Å². The van der Waals surface area contributed by atoms with Crippen LogP contribution in [0.25, 0.3) is 5.69 Å². The summed E-state index contributed by atoms with van der Waals surface area (Å²) in [6.07, 6.45) is 1.86. The van der Waals surface area contributed by atoms with Crippen molar-refractivity contribution in [3.8, 4) is 11.4 Å². The van der Waals surface area contributed by atoms with Gasteiger partial charge in [0.1, 0.15) is 18.2 Å². The second kappa shape index (κ2) is 8.78. The van der Waals surface area contributed by atoms with E-state index in [4.69, 9.17) is 31.2 Å². The van der Waals surface area contributed by atoms with Crippen molar-refractivity contribution in [1.82, 2.24) is 9.55 Å². The van der Waals surface area contributed by atoms with Gasteiger partial charge in [-0.1, -0.05) is 23.7 Å². The van der Waals surface area contributed by atoms with Crippen LogP contribution in [0.15, 0.2) is 53.7 Å². The van der Waals surface area contributed by atoms with E-state index in [0.717, 1.165) is 39.8 Å². The molecular weight excluding hydrogens is 390 g/mol. The fourth-order valence-electron chi connectivity index (χ4n) is 3.47. The molecule has 0 spiro atoms. The standard InChI is InChI=1S/C22H22ClN3O3/c1-15-24-13-17-14-25-22(19-12-16(23)6-7-20(19)26(15)17)18-4-2-3-5-21(18)29-11-10-28-9-8-27/h2-7,12-13,27H,8-11,14H2,1H3. The molecule has 2 heterocycles. The zero-order chi connectivity index (χ0) is 20.2. The highest BCUT2D eigenvalue weighted by molar-refractivity contribution is 6.31. The lowest BCUT2D eigenvalue weighted by Crippen LogP contribution is -2.13. The van der Waals surface area contributed by atoms with Gasteiger partial charge in [-0.2, -0.15) is 0 Å². The molecule has 7 heteroatoms. The van der Waals surface area contributed by atoms with Gasteiger partial charge in [-0.3, -0.25) is 9.56 Å². The van der Waals surface area contributed by atoms with Crippen LogP contribution in [-0.2, 0) is 11.3 Å². The van der Waals surface area contributed by atoms with Crippen molar-refractivity contribution >= 4 is 17.3 Å². The van der Waals surface area contributed by atoms with E-state index >= 15 is 0 Å². The minimum absolute atomic E-state index is 0.00000754. The molecule has 2 aromatic carbocycles. The summed E-state index contributed by atoms with van der Waals surface area (Å²) >= 11 is 6.35. The Balaban J connectivity index is 1.73. The van der Waals surface area contributed by atoms with Gasteiger partial charge in [0.25, 0.3) is 0 Å². The van der Waals surface area contributed by atoms with Gasteiger partial charge in [-0.05, 0) is 37.3 Å². The van der Waals surface area contributed by atoms with E-state index in [1.807, 2.05) is 55.6 Å². The molecule has 0 saturated carbocycles. The molecule has 0 radical (unpaired) electrons. The number of aliphatic hydroxyl groups excluding tert-OH is 1. The molecule has 1 aromatic heterocycles. The normalized spacial score (nSPS) is 12.7. The molecule has 29 heavy (non-hydrogen) atoms. The molecule has 0 fully saturated rings. The van der Waals surface area contributed by atoms with Gasteiger partial charge in [0, 0.05) is 16.1 Å². The number of halogens is 1. The summed E-state index contributed by atoms with van der Waals surface area (Å²) in [4.78, 5) is 9.35. The number of hydrogen-bond acceptors (Lipinski definition) is 5. The van der Waals surface area contributed by atoms with Crippen molar-refractivity contribution in [3.05, 3.63) is 76.3 Å². The number of benzene rings is 2. The van der Waals surface area contributed by atoms with E-state index in [2.05, 4.69) is 9.55 Å². The lowest BCUT2D eigenvalue weighted by molar-refractivity contribution is 0.0705. The van der Waals surface area contributed by atoms with Crippen LogP contribution in [0.2, 0.25) is 5.02 Å². The smallest absolute Gasteiger partial charge is 0.128 e. The Morgan fingerprint density at radius 3 is 2.83 bits per heavy atom. The number of para-hydroxylation sites is 1. The highest BCUT2D eigenvalue weighted by atomic mass is 35.5. The largest absolute Gasteiger partial charge is 0.490 e. The second-order valence-electron chi connectivity index (χ2n) is 6.64. The average molecular weight is 412 g/mol. The molecule has 0 bridgehead atoms. The maximum Gasteiger partial charge on any atom is 0.128 e. The average Bonchev–Trinajstić information content (AvgIpc) is 3.01. The number of rotatable bonds is 7. The van der Waals surface area contributed by atoms with Crippen molar-refractivity contribution in [1.29, 1.82) is 0 Å². The number of aliphatic imine (C=N–C) groups is 1. The van der Waals surface area contributed by atoms with Gasteiger partial charge >= 0.3 is 0 Å². The zero-order valence-corrected chi connectivity index (χ0v) is 16.9. The fraction of sp³-hybridized carbons (Fsp3) is 0.273. The zero-order valence-electron chi connectivity index (χ0n) is 16.1. The van der Waals surface area contributed by atoms with Gasteiger partial charge in [0.15, 0.2) is 0 Å². The summed E-state index contributed by atoms with van der Waals surface area (Å²) in [5, 5.41) is 9.46. The molecule has 150 valence electrons. The van der Waals surface area contributed by atoms with Crippen LogP contribution in [0.5, 0.6) is 5.75 Å². The quantitative estimate of drug-likeness (QED) is 0.603. The number of nitrogens with zero attached hydrogens (tertiary/aromatic N) is 3. The van der Waals surface area contributed by atoms with Crippen LogP contribution >= 0.6 is 11.6 Å². The van der Waals surface area contributed by atoms with Gasteiger partial charge in [0.05, 0.1) is 49.7 Å². The first-order chi connectivity index (χ1) is 14.2. The van der Waals surface area contributed by atoms with E-state index in [1.165, 1.54) is 0 Å². The summed E-state index contributed by atoms with van der Waals surface area (Å²) < 4.78 is 13.4. The highest BCUT2D eigenvalue weighted by Gasteiger charge is 2.22. The van der Waals surface area contributed by atoms with Gasteiger partial charge in [0.2, 0.25) is 0 Å².